The predicted octanol–water partition coefficient (Wildman–Crippen LogP) is 2.27. The number of aromatic carboxylic acids is 1. The second-order valence-corrected chi connectivity index (χ2v) is 6.75. The molecule has 1 aromatic carbocycles. The zero-order chi connectivity index (χ0) is 15.8. The van der Waals surface area contributed by atoms with E-state index in [0.717, 1.165) is 0 Å². The van der Waals surface area contributed by atoms with Crippen LogP contribution in [0.5, 0.6) is 0 Å². The quantitative estimate of drug-likeness (QED) is 0.930. The maximum absolute atomic E-state index is 12.5. The molecule has 2 aromatic rings. The van der Waals surface area contributed by atoms with Crippen molar-refractivity contribution in [1.29, 1.82) is 0 Å². The zero-order valence-electron chi connectivity index (χ0n) is 11.9. The van der Waals surface area contributed by atoms with Crippen LogP contribution in [0.4, 0.5) is 0 Å². The third kappa shape index (κ3) is 2.82. The van der Waals surface area contributed by atoms with Crippen LogP contribution in [0.25, 0.3) is 0 Å². The van der Waals surface area contributed by atoms with Crippen LogP contribution in [0.15, 0.2) is 27.6 Å². The summed E-state index contributed by atoms with van der Waals surface area (Å²) in [5.41, 5.74) is 1.24. The number of benzene rings is 1. The molecule has 0 saturated carbocycles. The molecule has 0 radical (unpaired) electrons. The molecule has 0 aliphatic rings. The first kappa shape index (κ1) is 15.2. The summed E-state index contributed by atoms with van der Waals surface area (Å²) in [6.07, 6.45) is 0. The highest BCUT2D eigenvalue weighted by Gasteiger charge is 2.24. The van der Waals surface area contributed by atoms with Gasteiger partial charge in [-0.1, -0.05) is 11.2 Å². The van der Waals surface area contributed by atoms with Gasteiger partial charge in [0.25, 0.3) is 0 Å². The summed E-state index contributed by atoms with van der Waals surface area (Å²) in [5.74, 6) is -0.969. The summed E-state index contributed by atoms with van der Waals surface area (Å²) in [6.45, 7) is 4.80. The smallest absolute Gasteiger partial charge is 0.335 e. The number of hydrogen-bond donors (Lipinski definition) is 1. The monoisotopic (exact) mass is 309 g/mol. The lowest BCUT2D eigenvalue weighted by molar-refractivity contribution is 0.0696. The van der Waals surface area contributed by atoms with Gasteiger partial charge in [-0.25, -0.2) is 13.2 Å². The Kier molecular flexibility index (Phi) is 3.87. The molecule has 0 aliphatic heterocycles. The summed E-state index contributed by atoms with van der Waals surface area (Å²) in [4.78, 5) is 11.1. The molecule has 1 N–H and O–H groups in total. The van der Waals surface area contributed by atoms with Crippen molar-refractivity contribution in [2.24, 2.45) is 0 Å². The van der Waals surface area contributed by atoms with Crippen molar-refractivity contribution >= 4 is 15.8 Å². The van der Waals surface area contributed by atoms with Gasteiger partial charge < -0.3 is 9.63 Å². The number of aromatic nitrogens is 1. The molecule has 2 rings (SSSR count). The van der Waals surface area contributed by atoms with Crippen LogP contribution in [-0.4, -0.2) is 24.7 Å². The van der Waals surface area contributed by atoms with Gasteiger partial charge >= 0.3 is 5.97 Å². The van der Waals surface area contributed by atoms with Crippen molar-refractivity contribution in [2.75, 3.05) is 0 Å². The van der Waals surface area contributed by atoms with Crippen LogP contribution in [0.2, 0.25) is 0 Å². The van der Waals surface area contributed by atoms with Crippen molar-refractivity contribution in [3.63, 3.8) is 0 Å². The molecule has 0 saturated heterocycles. The third-order valence-corrected chi connectivity index (χ3v) is 5.15. The van der Waals surface area contributed by atoms with E-state index in [1.807, 2.05) is 0 Å². The number of hydrogen-bond acceptors (Lipinski definition) is 5. The van der Waals surface area contributed by atoms with Crippen LogP contribution in [0.1, 0.15) is 32.9 Å². The number of carboxylic acid groups (broad SMARTS) is 1. The third-order valence-electron chi connectivity index (χ3n) is 3.37. The van der Waals surface area contributed by atoms with E-state index in [1.165, 1.54) is 25.1 Å². The van der Waals surface area contributed by atoms with Crippen molar-refractivity contribution in [1.82, 2.24) is 5.16 Å². The lowest BCUT2D eigenvalue weighted by Gasteiger charge is -2.09. The summed E-state index contributed by atoms with van der Waals surface area (Å²) in [7, 11) is -3.68. The van der Waals surface area contributed by atoms with Crippen LogP contribution >= 0.6 is 0 Å². The molecule has 1 aromatic heterocycles. The lowest BCUT2D eigenvalue weighted by Crippen LogP contribution is -2.11. The number of carbonyl (C=O) groups is 1. The highest BCUT2D eigenvalue weighted by atomic mass is 32.2. The maximum Gasteiger partial charge on any atom is 0.335 e. The van der Waals surface area contributed by atoms with Crippen LogP contribution in [0, 0.1) is 20.8 Å². The van der Waals surface area contributed by atoms with Crippen molar-refractivity contribution in [3.05, 3.63) is 46.3 Å². The van der Waals surface area contributed by atoms with E-state index in [9.17, 15) is 13.2 Å². The fourth-order valence-corrected chi connectivity index (χ4v) is 3.97. The number of carboxylic acids is 1. The predicted molar refractivity (Wildman–Crippen MR) is 75.0 cm³/mol. The van der Waals surface area contributed by atoms with Gasteiger partial charge in [-0.05, 0) is 38.5 Å². The molecular formula is C14H15NO5S. The molecule has 0 spiro atoms. The van der Waals surface area contributed by atoms with E-state index in [1.54, 1.807) is 13.8 Å². The summed E-state index contributed by atoms with van der Waals surface area (Å²) >= 11 is 0. The van der Waals surface area contributed by atoms with E-state index in [2.05, 4.69) is 5.16 Å². The zero-order valence-corrected chi connectivity index (χ0v) is 12.7. The van der Waals surface area contributed by atoms with Crippen molar-refractivity contribution in [2.45, 2.75) is 31.4 Å². The molecule has 0 unspecified atom stereocenters. The summed E-state index contributed by atoms with van der Waals surface area (Å²) < 4.78 is 30.0. The molecule has 0 fully saturated rings. The molecule has 112 valence electrons. The van der Waals surface area contributed by atoms with E-state index >= 15 is 0 Å². The standard InChI is InChI=1S/C14H15NO5S/c1-8-11(14(16)17)5-4-6-13(8)21(18,19)7-12-9(2)15-20-10(12)3/h4-6H,7H2,1-3H3,(H,16,17). The summed E-state index contributed by atoms with van der Waals surface area (Å²) in [5, 5.41) is 12.8. The Morgan fingerprint density at radius 2 is 1.95 bits per heavy atom. The Morgan fingerprint density at radius 3 is 2.48 bits per heavy atom. The van der Waals surface area contributed by atoms with Gasteiger partial charge in [0.05, 0.1) is 21.9 Å². The van der Waals surface area contributed by atoms with Gasteiger partial charge in [-0.3, -0.25) is 0 Å². The van der Waals surface area contributed by atoms with Crippen LogP contribution < -0.4 is 0 Å². The minimum Gasteiger partial charge on any atom is -0.478 e. The van der Waals surface area contributed by atoms with Crippen molar-refractivity contribution in [3.8, 4) is 0 Å². The molecule has 0 aliphatic carbocycles. The highest BCUT2D eigenvalue weighted by Crippen LogP contribution is 2.25. The first-order valence-corrected chi connectivity index (χ1v) is 7.86. The fraction of sp³-hybridized carbons (Fsp3) is 0.286. The molecular weight excluding hydrogens is 294 g/mol. The van der Waals surface area contributed by atoms with Gasteiger partial charge in [0.15, 0.2) is 9.84 Å². The lowest BCUT2D eigenvalue weighted by atomic mass is 10.1. The molecule has 0 amide bonds. The molecule has 6 nitrogen and oxygen atoms in total. The first-order chi connectivity index (χ1) is 9.74. The molecule has 21 heavy (non-hydrogen) atoms. The van der Waals surface area contributed by atoms with Crippen molar-refractivity contribution < 1.29 is 22.8 Å². The Balaban J connectivity index is 2.51. The number of rotatable bonds is 4. The second kappa shape index (κ2) is 5.33. The molecule has 0 atom stereocenters. The normalized spacial score (nSPS) is 11.6. The Labute approximate surface area is 122 Å². The van der Waals surface area contributed by atoms with Crippen LogP contribution in [-0.2, 0) is 15.6 Å². The SMILES string of the molecule is Cc1noc(C)c1CS(=O)(=O)c1cccc(C(=O)O)c1C. The Hall–Kier alpha value is -2.15. The second-order valence-electron chi connectivity index (χ2n) is 4.80. The van der Waals surface area contributed by atoms with Gasteiger partial charge in [0.1, 0.15) is 5.76 Å². The largest absolute Gasteiger partial charge is 0.478 e. The number of aryl methyl sites for hydroxylation is 2. The van der Waals surface area contributed by atoms with E-state index in [-0.39, 0.29) is 21.8 Å². The van der Waals surface area contributed by atoms with Gasteiger partial charge in [-0.2, -0.15) is 0 Å². The number of nitrogens with zero attached hydrogens (tertiary/aromatic N) is 1. The minimum atomic E-state index is -3.68. The molecule has 7 heteroatoms. The average molecular weight is 309 g/mol. The number of sulfone groups is 1. The Bertz CT molecular complexity index is 785. The van der Waals surface area contributed by atoms with Gasteiger partial charge in [-0.15, -0.1) is 0 Å². The average Bonchev–Trinajstić information content (AvgIpc) is 2.70. The van der Waals surface area contributed by atoms with Gasteiger partial charge in [0, 0.05) is 5.56 Å². The first-order valence-electron chi connectivity index (χ1n) is 6.21. The highest BCUT2D eigenvalue weighted by molar-refractivity contribution is 7.90. The molecule has 1 heterocycles. The topological polar surface area (TPSA) is 97.5 Å². The minimum absolute atomic E-state index is 0.0161. The van der Waals surface area contributed by atoms with E-state index in [4.69, 9.17) is 9.63 Å². The van der Waals surface area contributed by atoms with E-state index in [0.29, 0.717) is 17.0 Å². The fourth-order valence-electron chi connectivity index (χ4n) is 2.16. The van der Waals surface area contributed by atoms with E-state index < -0.39 is 15.8 Å². The maximum atomic E-state index is 12.5. The van der Waals surface area contributed by atoms with Crippen LogP contribution in [0.3, 0.4) is 0 Å². The van der Waals surface area contributed by atoms with Gasteiger partial charge in [0.2, 0.25) is 0 Å². The molecule has 0 bridgehead atoms. The Morgan fingerprint density at radius 1 is 1.29 bits per heavy atom. The summed E-state index contributed by atoms with van der Waals surface area (Å²) in [6, 6.07) is 4.22.